The SMILES string of the molecule is CCC(Sc1ncnc2c1c(-c1ccccc1)cn2-c1ccc(F)cc1)C(=O)OC. The van der Waals surface area contributed by atoms with Crippen LogP contribution in [0, 0.1) is 5.82 Å². The average Bonchev–Trinajstić information content (AvgIpc) is 3.18. The van der Waals surface area contributed by atoms with Crippen LogP contribution in [0.2, 0.25) is 0 Å². The summed E-state index contributed by atoms with van der Waals surface area (Å²) in [5.74, 6) is -0.582. The lowest BCUT2D eigenvalue weighted by Gasteiger charge is -2.12. The van der Waals surface area contributed by atoms with Gasteiger partial charge in [-0.2, -0.15) is 0 Å². The number of carbonyl (C=O) groups excluding carboxylic acids is 1. The van der Waals surface area contributed by atoms with Crippen LogP contribution >= 0.6 is 11.8 Å². The summed E-state index contributed by atoms with van der Waals surface area (Å²) in [7, 11) is 1.39. The Morgan fingerprint density at radius 2 is 1.87 bits per heavy atom. The van der Waals surface area contributed by atoms with Gasteiger partial charge in [0.25, 0.3) is 0 Å². The van der Waals surface area contributed by atoms with Gasteiger partial charge >= 0.3 is 5.97 Å². The number of methoxy groups -OCH3 is 1. The van der Waals surface area contributed by atoms with E-state index in [1.807, 2.05) is 48.0 Å². The number of nitrogens with zero attached hydrogens (tertiary/aromatic N) is 3. The van der Waals surface area contributed by atoms with Crippen LogP contribution in [0.3, 0.4) is 0 Å². The minimum absolute atomic E-state index is 0.284. The second-order valence-electron chi connectivity index (χ2n) is 6.67. The lowest BCUT2D eigenvalue weighted by atomic mass is 10.1. The molecule has 0 bridgehead atoms. The molecule has 0 spiro atoms. The highest BCUT2D eigenvalue weighted by molar-refractivity contribution is 8.00. The van der Waals surface area contributed by atoms with Gasteiger partial charge in [-0.15, -0.1) is 0 Å². The fourth-order valence-electron chi connectivity index (χ4n) is 3.32. The molecule has 5 nitrogen and oxygen atoms in total. The largest absolute Gasteiger partial charge is 0.468 e. The number of aromatic nitrogens is 3. The van der Waals surface area contributed by atoms with E-state index in [0.29, 0.717) is 17.1 Å². The number of thioether (sulfide) groups is 1. The van der Waals surface area contributed by atoms with Crippen molar-refractivity contribution in [1.82, 2.24) is 14.5 Å². The number of benzene rings is 2. The molecule has 4 aromatic rings. The minimum Gasteiger partial charge on any atom is -0.468 e. The third-order valence-electron chi connectivity index (χ3n) is 4.83. The number of fused-ring (bicyclic) bond motifs is 1. The first-order chi connectivity index (χ1) is 14.6. The van der Waals surface area contributed by atoms with E-state index >= 15 is 0 Å². The fraction of sp³-hybridized carbons (Fsp3) is 0.174. The molecule has 30 heavy (non-hydrogen) atoms. The Hall–Kier alpha value is -3.19. The highest BCUT2D eigenvalue weighted by Gasteiger charge is 2.23. The van der Waals surface area contributed by atoms with Gasteiger partial charge in [0, 0.05) is 17.4 Å². The molecular weight excluding hydrogens is 401 g/mol. The fourth-order valence-corrected chi connectivity index (χ4v) is 4.38. The Balaban J connectivity index is 1.93. The molecule has 4 rings (SSSR count). The number of carbonyl (C=O) groups is 1. The Kier molecular flexibility index (Phi) is 5.81. The van der Waals surface area contributed by atoms with Crippen LogP contribution < -0.4 is 0 Å². The summed E-state index contributed by atoms with van der Waals surface area (Å²) in [6, 6.07) is 16.2. The molecule has 0 N–H and O–H groups in total. The predicted molar refractivity (Wildman–Crippen MR) is 116 cm³/mol. The minimum atomic E-state index is -0.370. The normalized spacial score (nSPS) is 12.1. The molecule has 2 aromatic heterocycles. The van der Waals surface area contributed by atoms with Crippen molar-refractivity contribution in [3.8, 4) is 16.8 Å². The Morgan fingerprint density at radius 1 is 1.13 bits per heavy atom. The van der Waals surface area contributed by atoms with E-state index in [0.717, 1.165) is 22.2 Å². The molecule has 0 saturated carbocycles. The van der Waals surface area contributed by atoms with Crippen molar-refractivity contribution in [3.05, 3.63) is 72.9 Å². The summed E-state index contributed by atoms with van der Waals surface area (Å²) in [6.45, 7) is 1.94. The molecule has 0 radical (unpaired) electrons. The Morgan fingerprint density at radius 3 is 2.53 bits per heavy atom. The molecule has 0 amide bonds. The molecule has 0 saturated heterocycles. The summed E-state index contributed by atoms with van der Waals surface area (Å²) in [6.07, 6.45) is 4.08. The van der Waals surface area contributed by atoms with Crippen LogP contribution in [0.1, 0.15) is 13.3 Å². The van der Waals surface area contributed by atoms with E-state index in [1.165, 1.54) is 37.3 Å². The van der Waals surface area contributed by atoms with Gasteiger partial charge in [-0.3, -0.25) is 4.79 Å². The maximum atomic E-state index is 13.5. The molecule has 0 aliphatic rings. The van der Waals surface area contributed by atoms with Gasteiger partial charge in [-0.05, 0) is 36.2 Å². The number of esters is 1. The van der Waals surface area contributed by atoms with Crippen LogP contribution in [-0.4, -0.2) is 32.9 Å². The lowest BCUT2D eigenvalue weighted by molar-refractivity contribution is -0.140. The van der Waals surface area contributed by atoms with Gasteiger partial charge in [0.05, 0.1) is 12.5 Å². The van der Waals surface area contributed by atoms with Crippen molar-refractivity contribution < 1.29 is 13.9 Å². The molecule has 0 fully saturated rings. The maximum absolute atomic E-state index is 13.5. The van der Waals surface area contributed by atoms with Crippen molar-refractivity contribution in [1.29, 1.82) is 0 Å². The average molecular weight is 421 g/mol. The molecular formula is C23H20FN3O2S. The van der Waals surface area contributed by atoms with E-state index in [1.54, 1.807) is 12.1 Å². The Bertz CT molecular complexity index is 1180. The molecule has 1 unspecified atom stereocenters. The van der Waals surface area contributed by atoms with E-state index in [9.17, 15) is 9.18 Å². The van der Waals surface area contributed by atoms with Crippen molar-refractivity contribution in [3.63, 3.8) is 0 Å². The maximum Gasteiger partial charge on any atom is 0.319 e. The second kappa shape index (κ2) is 8.67. The molecule has 152 valence electrons. The summed E-state index contributed by atoms with van der Waals surface area (Å²) in [5, 5.41) is 1.18. The van der Waals surface area contributed by atoms with Crippen LogP contribution in [-0.2, 0) is 9.53 Å². The van der Waals surface area contributed by atoms with Crippen molar-refractivity contribution >= 4 is 28.8 Å². The van der Waals surface area contributed by atoms with Crippen molar-refractivity contribution in [2.75, 3.05) is 7.11 Å². The van der Waals surface area contributed by atoms with Crippen LogP contribution in [0.25, 0.3) is 27.8 Å². The van der Waals surface area contributed by atoms with E-state index < -0.39 is 0 Å². The summed E-state index contributed by atoms with van der Waals surface area (Å²) >= 11 is 1.37. The van der Waals surface area contributed by atoms with Gasteiger partial charge in [0.1, 0.15) is 28.1 Å². The zero-order valence-corrected chi connectivity index (χ0v) is 17.4. The first-order valence-electron chi connectivity index (χ1n) is 9.54. The summed E-state index contributed by atoms with van der Waals surface area (Å²) < 4.78 is 20.3. The topological polar surface area (TPSA) is 57.0 Å². The standard InChI is InChI=1S/C23H20FN3O2S/c1-3-19(23(28)29-2)30-22-20-18(15-7-5-4-6-8-15)13-27(21(20)25-14-26-22)17-11-9-16(24)10-12-17/h4-14,19H,3H2,1-2H3. The number of hydrogen-bond acceptors (Lipinski definition) is 5. The zero-order chi connectivity index (χ0) is 21.1. The smallest absolute Gasteiger partial charge is 0.319 e. The number of rotatable bonds is 6. The quantitative estimate of drug-likeness (QED) is 0.241. The first kappa shape index (κ1) is 20.1. The lowest BCUT2D eigenvalue weighted by Crippen LogP contribution is -2.17. The van der Waals surface area contributed by atoms with Crippen LogP contribution in [0.15, 0.2) is 72.1 Å². The van der Waals surface area contributed by atoms with Gasteiger partial charge in [0.15, 0.2) is 0 Å². The van der Waals surface area contributed by atoms with Crippen LogP contribution in [0.5, 0.6) is 0 Å². The second-order valence-corrected chi connectivity index (χ2v) is 7.86. The van der Waals surface area contributed by atoms with Crippen LogP contribution in [0.4, 0.5) is 4.39 Å². The Labute approximate surface area is 177 Å². The van der Waals surface area contributed by atoms with Gasteiger partial charge in [-0.25, -0.2) is 14.4 Å². The highest BCUT2D eigenvalue weighted by Crippen LogP contribution is 2.38. The number of halogens is 1. The van der Waals surface area contributed by atoms with Gasteiger partial charge in [-0.1, -0.05) is 49.0 Å². The predicted octanol–water partition coefficient (Wildman–Crippen LogP) is 5.27. The number of hydrogen-bond donors (Lipinski definition) is 0. The number of ether oxygens (including phenoxy) is 1. The summed E-state index contributed by atoms with van der Waals surface area (Å²) in [5.41, 5.74) is 3.43. The highest BCUT2D eigenvalue weighted by atomic mass is 32.2. The molecule has 2 aromatic carbocycles. The van der Waals surface area contributed by atoms with Crippen molar-refractivity contribution in [2.45, 2.75) is 23.6 Å². The molecule has 0 aliphatic heterocycles. The van der Waals surface area contributed by atoms with Crippen molar-refractivity contribution in [2.24, 2.45) is 0 Å². The monoisotopic (exact) mass is 421 g/mol. The third-order valence-corrected chi connectivity index (χ3v) is 6.17. The zero-order valence-electron chi connectivity index (χ0n) is 16.6. The molecule has 7 heteroatoms. The molecule has 1 atom stereocenters. The summed E-state index contributed by atoms with van der Waals surface area (Å²) in [4.78, 5) is 21.2. The molecule has 0 aliphatic carbocycles. The first-order valence-corrected chi connectivity index (χ1v) is 10.4. The van der Waals surface area contributed by atoms with E-state index in [2.05, 4.69) is 9.97 Å². The third kappa shape index (κ3) is 3.80. The van der Waals surface area contributed by atoms with E-state index in [4.69, 9.17) is 4.74 Å². The van der Waals surface area contributed by atoms with Gasteiger partial charge < -0.3 is 9.30 Å². The van der Waals surface area contributed by atoms with E-state index in [-0.39, 0.29) is 17.0 Å². The van der Waals surface area contributed by atoms with Gasteiger partial charge in [0.2, 0.25) is 0 Å². The molecule has 2 heterocycles.